The average Bonchev–Trinajstić information content (AvgIpc) is 3.22. The fourth-order valence-electron chi connectivity index (χ4n) is 4.39. The van der Waals surface area contributed by atoms with Crippen LogP contribution >= 0.6 is 0 Å². The number of carbonyl (C=O) groups is 2. The monoisotopic (exact) mass is 389 g/mol. The maximum Gasteiger partial charge on any atom is 0.256 e. The lowest BCUT2D eigenvalue weighted by Gasteiger charge is -2.41. The van der Waals surface area contributed by atoms with Crippen LogP contribution in [0.15, 0.2) is 24.3 Å². The van der Waals surface area contributed by atoms with Gasteiger partial charge >= 0.3 is 0 Å². The third kappa shape index (κ3) is 4.72. The second-order valence-electron chi connectivity index (χ2n) is 8.12. The van der Waals surface area contributed by atoms with Crippen LogP contribution in [0.1, 0.15) is 56.3 Å². The van der Waals surface area contributed by atoms with E-state index in [1.807, 2.05) is 6.92 Å². The summed E-state index contributed by atoms with van der Waals surface area (Å²) in [7, 11) is 0. The molecule has 1 N–H and O–H groups in total. The number of hydrogen-bond donors (Lipinski definition) is 1. The molecule has 6 heteroatoms. The van der Waals surface area contributed by atoms with Crippen LogP contribution in [-0.4, -0.2) is 59.9 Å². The summed E-state index contributed by atoms with van der Waals surface area (Å²) in [6, 6.07) is 6.17. The number of hydrogen-bond acceptors (Lipinski definition) is 3. The van der Waals surface area contributed by atoms with Crippen molar-refractivity contribution in [2.75, 3.05) is 26.2 Å². The van der Waals surface area contributed by atoms with Crippen molar-refractivity contribution >= 4 is 11.8 Å². The van der Waals surface area contributed by atoms with E-state index < -0.39 is 5.82 Å². The Morgan fingerprint density at radius 2 is 1.79 bits per heavy atom. The summed E-state index contributed by atoms with van der Waals surface area (Å²) in [6.07, 6.45) is 5.46. The minimum absolute atomic E-state index is 0.120. The number of amides is 2. The Bertz CT molecular complexity index is 682. The molecule has 1 heterocycles. The first kappa shape index (κ1) is 20.8. The maximum absolute atomic E-state index is 14.0. The van der Waals surface area contributed by atoms with E-state index in [1.165, 1.54) is 25.0 Å². The number of nitrogens with one attached hydrogen (secondary N) is 1. The van der Waals surface area contributed by atoms with Gasteiger partial charge in [-0.15, -0.1) is 0 Å². The molecule has 3 rings (SSSR count). The molecule has 1 aromatic carbocycles. The molecular weight excluding hydrogens is 357 g/mol. The number of benzene rings is 1. The van der Waals surface area contributed by atoms with Crippen molar-refractivity contribution < 1.29 is 14.0 Å². The number of halogens is 1. The molecular formula is C22H32FN3O2. The van der Waals surface area contributed by atoms with Crippen LogP contribution in [0, 0.1) is 11.7 Å². The Kier molecular flexibility index (Phi) is 7.05. The third-order valence-electron chi connectivity index (χ3n) is 6.22. The van der Waals surface area contributed by atoms with Gasteiger partial charge in [0.1, 0.15) is 5.82 Å². The smallest absolute Gasteiger partial charge is 0.256 e. The molecule has 1 aliphatic heterocycles. The Balaban J connectivity index is 1.65. The van der Waals surface area contributed by atoms with Crippen LogP contribution in [0.3, 0.4) is 0 Å². The van der Waals surface area contributed by atoms with Crippen LogP contribution in [0.5, 0.6) is 0 Å². The quantitative estimate of drug-likeness (QED) is 0.814. The normalized spacial score (nSPS) is 20.8. The topological polar surface area (TPSA) is 52.7 Å². The second-order valence-corrected chi connectivity index (χ2v) is 8.12. The summed E-state index contributed by atoms with van der Waals surface area (Å²) in [6.45, 7) is 6.45. The van der Waals surface area contributed by atoms with Crippen LogP contribution in [0.4, 0.5) is 4.39 Å². The van der Waals surface area contributed by atoms with Crippen molar-refractivity contribution in [2.45, 2.75) is 58.0 Å². The van der Waals surface area contributed by atoms with Gasteiger partial charge in [0.15, 0.2) is 0 Å². The van der Waals surface area contributed by atoms with E-state index in [0.717, 1.165) is 19.3 Å². The molecule has 0 bridgehead atoms. The SMILES string of the molecule is CC[C@H](C)NC(=O)[C@@H](C1CCCC1)N1CCN(C(=O)c2ccccc2F)CC1. The second kappa shape index (κ2) is 9.50. The van der Waals surface area contributed by atoms with Gasteiger partial charge in [0.2, 0.25) is 5.91 Å². The molecule has 28 heavy (non-hydrogen) atoms. The van der Waals surface area contributed by atoms with Gasteiger partial charge in [-0.05, 0) is 44.2 Å². The molecule has 5 nitrogen and oxygen atoms in total. The molecule has 2 aliphatic rings. The molecule has 2 atom stereocenters. The van der Waals surface area contributed by atoms with Crippen molar-refractivity contribution in [1.82, 2.24) is 15.1 Å². The van der Waals surface area contributed by atoms with Gasteiger partial charge in [-0.3, -0.25) is 14.5 Å². The summed E-state index contributed by atoms with van der Waals surface area (Å²) in [5.74, 6) is -0.237. The highest BCUT2D eigenvalue weighted by Gasteiger charge is 2.37. The van der Waals surface area contributed by atoms with E-state index in [9.17, 15) is 14.0 Å². The van der Waals surface area contributed by atoms with Gasteiger partial charge < -0.3 is 10.2 Å². The lowest BCUT2D eigenvalue weighted by atomic mass is 9.94. The molecule has 1 aliphatic carbocycles. The van der Waals surface area contributed by atoms with Crippen molar-refractivity contribution in [2.24, 2.45) is 5.92 Å². The summed E-state index contributed by atoms with van der Waals surface area (Å²) in [4.78, 5) is 29.6. The first-order chi connectivity index (χ1) is 13.5. The van der Waals surface area contributed by atoms with Crippen molar-refractivity contribution in [3.63, 3.8) is 0 Å². The fraction of sp³-hybridized carbons (Fsp3) is 0.636. The standard InChI is InChI=1S/C22H32FN3O2/c1-3-16(2)24-21(27)20(17-8-4-5-9-17)25-12-14-26(15-13-25)22(28)18-10-6-7-11-19(18)23/h6-7,10-11,16-17,20H,3-5,8-9,12-15H2,1-2H3,(H,24,27)/t16-,20+/m0/s1. The van der Waals surface area contributed by atoms with Gasteiger partial charge in [-0.1, -0.05) is 31.9 Å². The summed E-state index contributed by atoms with van der Waals surface area (Å²) in [5, 5.41) is 3.16. The zero-order chi connectivity index (χ0) is 20.1. The van der Waals surface area contributed by atoms with Crippen LogP contribution < -0.4 is 5.32 Å². The number of nitrogens with zero attached hydrogens (tertiary/aromatic N) is 2. The number of rotatable bonds is 6. The Morgan fingerprint density at radius 1 is 1.14 bits per heavy atom. The highest BCUT2D eigenvalue weighted by molar-refractivity contribution is 5.94. The maximum atomic E-state index is 14.0. The molecule has 1 saturated carbocycles. The Labute approximate surface area is 167 Å². The molecule has 0 aromatic heterocycles. The van der Waals surface area contributed by atoms with Crippen LogP contribution in [-0.2, 0) is 4.79 Å². The molecule has 0 spiro atoms. The van der Waals surface area contributed by atoms with Gasteiger partial charge in [0.05, 0.1) is 11.6 Å². The first-order valence-electron chi connectivity index (χ1n) is 10.6. The van der Waals surface area contributed by atoms with Crippen molar-refractivity contribution in [1.29, 1.82) is 0 Å². The minimum atomic E-state index is -0.480. The Hall–Kier alpha value is -1.95. The highest BCUT2D eigenvalue weighted by Crippen LogP contribution is 2.31. The van der Waals surface area contributed by atoms with E-state index in [4.69, 9.17) is 0 Å². The average molecular weight is 390 g/mol. The molecule has 154 valence electrons. The van der Waals surface area contributed by atoms with Crippen LogP contribution in [0.25, 0.3) is 0 Å². The predicted octanol–water partition coefficient (Wildman–Crippen LogP) is 3.06. The van der Waals surface area contributed by atoms with Gasteiger partial charge in [-0.2, -0.15) is 0 Å². The number of carbonyl (C=O) groups excluding carboxylic acids is 2. The van der Waals surface area contributed by atoms with Gasteiger partial charge in [-0.25, -0.2) is 4.39 Å². The zero-order valence-corrected chi connectivity index (χ0v) is 17.0. The van der Waals surface area contributed by atoms with E-state index in [-0.39, 0.29) is 29.5 Å². The Morgan fingerprint density at radius 3 is 2.39 bits per heavy atom. The summed E-state index contributed by atoms with van der Waals surface area (Å²) >= 11 is 0. The molecule has 2 amide bonds. The lowest BCUT2D eigenvalue weighted by Crippen LogP contribution is -2.58. The molecule has 0 unspecified atom stereocenters. The fourth-order valence-corrected chi connectivity index (χ4v) is 4.39. The van der Waals surface area contributed by atoms with E-state index in [2.05, 4.69) is 17.1 Å². The van der Waals surface area contributed by atoms with Crippen molar-refractivity contribution in [3.05, 3.63) is 35.6 Å². The largest absolute Gasteiger partial charge is 0.352 e. The minimum Gasteiger partial charge on any atom is -0.352 e. The molecule has 1 aromatic rings. The molecule has 1 saturated heterocycles. The highest BCUT2D eigenvalue weighted by atomic mass is 19.1. The molecule has 2 fully saturated rings. The van der Waals surface area contributed by atoms with Gasteiger partial charge in [0.25, 0.3) is 5.91 Å². The summed E-state index contributed by atoms with van der Waals surface area (Å²) < 4.78 is 14.0. The number of piperazine rings is 1. The lowest BCUT2D eigenvalue weighted by molar-refractivity contribution is -0.129. The third-order valence-corrected chi connectivity index (χ3v) is 6.22. The van der Waals surface area contributed by atoms with Crippen LogP contribution in [0.2, 0.25) is 0 Å². The van der Waals surface area contributed by atoms with Gasteiger partial charge in [0, 0.05) is 32.2 Å². The van der Waals surface area contributed by atoms with E-state index in [1.54, 1.807) is 17.0 Å². The predicted molar refractivity (Wildman–Crippen MR) is 108 cm³/mol. The summed E-state index contributed by atoms with van der Waals surface area (Å²) in [5.41, 5.74) is 0.123. The first-order valence-corrected chi connectivity index (χ1v) is 10.6. The molecule has 0 radical (unpaired) electrons. The zero-order valence-electron chi connectivity index (χ0n) is 17.0. The van der Waals surface area contributed by atoms with Crippen molar-refractivity contribution in [3.8, 4) is 0 Å². The van der Waals surface area contributed by atoms with E-state index >= 15 is 0 Å². The van der Waals surface area contributed by atoms with E-state index in [0.29, 0.717) is 32.1 Å².